The fourth-order valence-electron chi connectivity index (χ4n) is 2.73. The van der Waals surface area contributed by atoms with Crippen molar-refractivity contribution < 1.29 is 14.3 Å². The number of carbonyl (C=O) groups is 1. The highest BCUT2D eigenvalue weighted by atomic mass is 16.7. The highest BCUT2D eigenvalue weighted by molar-refractivity contribution is 5.88. The quantitative estimate of drug-likeness (QED) is 0.605. The van der Waals surface area contributed by atoms with Crippen molar-refractivity contribution in [2.24, 2.45) is 0 Å². The Morgan fingerprint density at radius 1 is 1.04 bits per heavy atom. The van der Waals surface area contributed by atoms with E-state index in [-0.39, 0.29) is 12.7 Å². The summed E-state index contributed by atoms with van der Waals surface area (Å²) in [6, 6.07) is 15.0. The lowest BCUT2D eigenvalue weighted by atomic mass is 10.2. The summed E-state index contributed by atoms with van der Waals surface area (Å²) in [5.41, 5.74) is 2.62. The van der Waals surface area contributed by atoms with Crippen molar-refractivity contribution in [1.29, 1.82) is 0 Å². The Kier molecular flexibility index (Phi) is 4.92. The highest BCUT2D eigenvalue weighted by Crippen LogP contribution is 2.32. The molecule has 142 valence electrons. The number of aromatic nitrogens is 2. The van der Waals surface area contributed by atoms with E-state index in [4.69, 9.17) is 9.47 Å². The van der Waals surface area contributed by atoms with Gasteiger partial charge in [0, 0.05) is 31.0 Å². The molecule has 8 heteroatoms. The number of carbonyl (C=O) groups excluding carboxylic acids is 1. The van der Waals surface area contributed by atoms with Crippen molar-refractivity contribution in [2.75, 3.05) is 22.7 Å². The van der Waals surface area contributed by atoms with Crippen LogP contribution in [0.1, 0.15) is 12.5 Å². The van der Waals surface area contributed by atoms with Crippen LogP contribution < -0.4 is 25.4 Å². The third kappa shape index (κ3) is 4.29. The zero-order chi connectivity index (χ0) is 19.3. The van der Waals surface area contributed by atoms with E-state index in [2.05, 4.69) is 25.9 Å². The average Bonchev–Trinajstić information content (AvgIpc) is 3.16. The van der Waals surface area contributed by atoms with Crippen LogP contribution in [0, 0.1) is 0 Å². The maximum atomic E-state index is 11.1. The monoisotopic (exact) mass is 377 g/mol. The molecule has 8 nitrogen and oxygen atoms in total. The van der Waals surface area contributed by atoms with Crippen LogP contribution >= 0.6 is 0 Å². The van der Waals surface area contributed by atoms with Crippen LogP contribution in [0.5, 0.6) is 11.5 Å². The summed E-state index contributed by atoms with van der Waals surface area (Å²) >= 11 is 0. The number of ether oxygens (including phenoxy) is 2. The van der Waals surface area contributed by atoms with Crippen LogP contribution in [0.15, 0.2) is 54.7 Å². The van der Waals surface area contributed by atoms with Crippen LogP contribution in [-0.2, 0) is 11.3 Å². The Morgan fingerprint density at radius 3 is 2.64 bits per heavy atom. The van der Waals surface area contributed by atoms with E-state index in [1.807, 2.05) is 42.5 Å². The molecule has 28 heavy (non-hydrogen) atoms. The minimum absolute atomic E-state index is 0.106. The molecule has 3 aromatic rings. The Labute approximate surface area is 161 Å². The molecule has 2 heterocycles. The second-order valence-corrected chi connectivity index (χ2v) is 6.19. The van der Waals surface area contributed by atoms with Gasteiger partial charge >= 0.3 is 0 Å². The molecule has 1 amide bonds. The molecule has 0 aliphatic carbocycles. The third-order valence-electron chi connectivity index (χ3n) is 4.03. The van der Waals surface area contributed by atoms with Gasteiger partial charge in [0.05, 0.1) is 0 Å². The molecular formula is C20H19N5O3. The van der Waals surface area contributed by atoms with Gasteiger partial charge in [-0.15, -0.1) is 0 Å². The van der Waals surface area contributed by atoms with Gasteiger partial charge in [-0.2, -0.15) is 4.98 Å². The first-order valence-corrected chi connectivity index (χ1v) is 8.76. The first-order chi connectivity index (χ1) is 13.7. The van der Waals surface area contributed by atoms with Gasteiger partial charge in [0.15, 0.2) is 11.5 Å². The fourth-order valence-corrected chi connectivity index (χ4v) is 2.73. The SMILES string of the molecule is CC(=O)Nc1ccc(Nc2nccc(NCc3ccc4c(c3)OCO4)n2)cc1. The van der Waals surface area contributed by atoms with Crippen molar-refractivity contribution in [3.63, 3.8) is 0 Å². The Balaban J connectivity index is 1.38. The second-order valence-electron chi connectivity index (χ2n) is 6.19. The average molecular weight is 377 g/mol. The molecule has 1 aliphatic heterocycles. The number of amides is 1. The lowest BCUT2D eigenvalue weighted by Gasteiger charge is -2.09. The van der Waals surface area contributed by atoms with Crippen molar-refractivity contribution >= 4 is 29.0 Å². The summed E-state index contributed by atoms with van der Waals surface area (Å²) < 4.78 is 10.7. The zero-order valence-electron chi connectivity index (χ0n) is 15.2. The van der Waals surface area contributed by atoms with Gasteiger partial charge in [-0.1, -0.05) is 6.07 Å². The Morgan fingerprint density at radius 2 is 1.82 bits per heavy atom. The third-order valence-corrected chi connectivity index (χ3v) is 4.03. The van der Waals surface area contributed by atoms with E-state index >= 15 is 0 Å². The van der Waals surface area contributed by atoms with E-state index in [9.17, 15) is 4.79 Å². The summed E-state index contributed by atoms with van der Waals surface area (Å²) in [6.07, 6.45) is 1.68. The van der Waals surface area contributed by atoms with E-state index in [1.54, 1.807) is 12.3 Å². The summed E-state index contributed by atoms with van der Waals surface area (Å²) in [6.45, 7) is 2.33. The van der Waals surface area contributed by atoms with Gasteiger partial charge in [0.1, 0.15) is 5.82 Å². The predicted molar refractivity (Wildman–Crippen MR) is 106 cm³/mol. The van der Waals surface area contributed by atoms with Gasteiger partial charge in [-0.3, -0.25) is 4.79 Å². The van der Waals surface area contributed by atoms with Gasteiger partial charge in [0.25, 0.3) is 0 Å². The number of rotatable bonds is 6. The molecule has 0 saturated heterocycles. The van der Waals surface area contributed by atoms with Crippen LogP contribution in [0.2, 0.25) is 0 Å². The molecule has 1 aromatic heterocycles. The van der Waals surface area contributed by atoms with Crippen LogP contribution in [0.25, 0.3) is 0 Å². The molecule has 1 aliphatic rings. The number of hydrogen-bond acceptors (Lipinski definition) is 7. The van der Waals surface area contributed by atoms with E-state index in [0.29, 0.717) is 18.3 Å². The van der Waals surface area contributed by atoms with Crippen LogP contribution in [0.4, 0.5) is 23.1 Å². The van der Waals surface area contributed by atoms with Gasteiger partial charge in [-0.25, -0.2) is 4.98 Å². The first kappa shape index (κ1) is 17.6. The second kappa shape index (κ2) is 7.83. The summed E-state index contributed by atoms with van der Waals surface area (Å²) in [7, 11) is 0. The molecule has 4 rings (SSSR count). The molecule has 0 radical (unpaired) electrons. The number of benzene rings is 2. The number of nitrogens with zero attached hydrogens (tertiary/aromatic N) is 2. The number of anilines is 4. The van der Waals surface area contributed by atoms with Crippen molar-refractivity contribution in [1.82, 2.24) is 9.97 Å². The first-order valence-electron chi connectivity index (χ1n) is 8.76. The standard InChI is InChI=1S/C20H19N5O3/c1-13(26)23-15-3-5-16(6-4-15)24-20-21-9-8-19(25-20)22-11-14-2-7-17-18(10-14)28-12-27-17/h2-10H,11-12H2,1H3,(H,23,26)(H2,21,22,24,25). The smallest absolute Gasteiger partial charge is 0.231 e. The molecule has 0 saturated carbocycles. The van der Waals surface area contributed by atoms with Crippen LogP contribution in [0.3, 0.4) is 0 Å². The van der Waals surface area contributed by atoms with Gasteiger partial charge in [-0.05, 0) is 48.0 Å². The lowest BCUT2D eigenvalue weighted by molar-refractivity contribution is -0.114. The number of nitrogens with one attached hydrogen (secondary N) is 3. The summed E-state index contributed by atoms with van der Waals surface area (Å²) in [5, 5.41) is 9.15. The maximum Gasteiger partial charge on any atom is 0.231 e. The normalized spacial score (nSPS) is 11.8. The molecule has 3 N–H and O–H groups in total. The minimum Gasteiger partial charge on any atom is -0.454 e. The zero-order valence-corrected chi connectivity index (χ0v) is 15.2. The lowest BCUT2D eigenvalue weighted by Crippen LogP contribution is -2.06. The molecule has 0 fully saturated rings. The summed E-state index contributed by atoms with van der Waals surface area (Å²) in [4.78, 5) is 19.8. The fraction of sp³-hybridized carbons (Fsp3) is 0.150. The largest absolute Gasteiger partial charge is 0.454 e. The van der Waals surface area contributed by atoms with Gasteiger partial charge in [0.2, 0.25) is 18.6 Å². The Bertz CT molecular complexity index is 991. The van der Waals surface area contributed by atoms with Gasteiger partial charge < -0.3 is 25.4 Å². The highest BCUT2D eigenvalue weighted by Gasteiger charge is 2.13. The van der Waals surface area contributed by atoms with E-state index in [0.717, 1.165) is 28.4 Å². The molecule has 0 atom stereocenters. The van der Waals surface area contributed by atoms with Crippen molar-refractivity contribution in [3.8, 4) is 11.5 Å². The predicted octanol–water partition coefficient (Wildman–Crippen LogP) is 3.52. The minimum atomic E-state index is -0.106. The summed E-state index contributed by atoms with van der Waals surface area (Å²) in [5.74, 6) is 2.59. The molecule has 2 aromatic carbocycles. The molecule has 0 bridgehead atoms. The molecule has 0 spiro atoms. The van der Waals surface area contributed by atoms with E-state index in [1.165, 1.54) is 6.92 Å². The van der Waals surface area contributed by atoms with Crippen molar-refractivity contribution in [2.45, 2.75) is 13.5 Å². The topological polar surface area (TPSA) is 97.4 Å². The number of hydrogen-bond donors (Lipinski definition) is 3. The molecule has 0 unspecified atom stereocenters. The van der Waals surface area contributed by atoms with Crippen molar-refractivity contribution in [3.05, 3.63) is 60.3 Å². The maximum absolute atomic E-state index is 11.1. The van der Waals surface area contributed by atoms with Crippen LogP contribution in [-0.4, -0.2) is 22.7 Å². The molecular weight excluding hydrogens is 358 g/mol. The number of fused-ring (bicyclic) bond motifs is 1. The van der Waals surface area contributed by atoms with E-state index < -0.39 is 0 Å². The Hall–Kier alpha value is -3.81.